The largest absolute Gasteiger partial charge is 0.394 e. The molecule has 2 rings (SSSR count). The molecule has 118 valence electrons. The van der Waals surface area contributed by atoms with Crippen LogP contribution in [-0.2, 0) is 14.2 Å². The molecule has 2 aliphatic rings. The summed E-state index contributed by atoms with van der Waals surface area (Å²) in [4.78, 5) is 0. The maximum Gasteiger partial charge on any atom is 0.186 e. The van der Waals surface area contributed by atoms with Crippen molar-refractivity contribution in [2.24, 2.45) is 0 Å². The molecule has 0 aliphatic carbocycles. The Labute approximate surface area is 114 Å². The predicted molar refractivity (Wildman–Crippen MR) is 61.2 cm³/mol. The van der Waals surface area contributed by atoms with Gasteiger partial charge in [0.2, 0.25) is 0 Å². The second-order valence-corrected chi connectivity index (χ2v) is 4.98. The number of aliphatic hydroxyl groups is 6. The summed E-state index contributed by atoms with van der Waals surface area (Å²) in [6, 6.07) is 0. The molecule has 0 aromatic rings. The fourth-order valence-electron chi connectivity index (χ4n) is 2.24. The van der Waals surface area contributed by atoms with Gasteiger partial charge in [-0.05, 0) is 0 Å². The van der Waals surface area contributed by atoms with Gasteiger partial charge in [-0.15, -0.1) is 0 Å². The number of hydrogen-bond acceptors (Lipinski definition) is 9. The van der Waals surface area contributed by atoms with Crippen LogP contribution in [0.2, 0.25) is 0 Å². The van der Waals surface area contributed by atoms with Crippen molar-refractivity contribution in [2.45, 2.75) is 55.6 Å². The third-order valence-corrected chi connectivity index (χ3v) is 3.47. The van der Waals surface area contributed by atoms with Crippen molar-refractivity contribution in [3.63, 3.8) is 0 Å². The Morgan fingerprint density at radius 2 is 1.70 bits per heavy atom. The third kappa shape index (κ3) is 3.27. The summed E-state index contributed by atoms with van der Waals surface area (Å²) in [5, 5.41) is 56.8. The van der Waals surface area contributed by atoms with Crippen molar-refractivity contribution in [1.82, 2.24) is 0 Å². The number of ether oxygens (including phenoxy) is 3. The van der Waals surface area contributed by atoms with Gasteiger partial charge in [0.25, 0.3) is 0 Å². The zero-order valence-corrected chi connectivity index (χ0v) is 10.6. The Balaban J connectivity index is 1.97. The van der Waals surface area contributed by atoms with Crippen LogP contribution in [-0.4, -0.2) is 93.1 Å². The minimum Gasteiger partial charge on any atom is -0.394 e. The molecule has 6 N–H and O–H groups in total. The first-order chi connectivity index (χ1) is 9.43. The summed E-state index contributed by atoms with van der Waals surface area (Å²) in [7, 11) is 0. The van der Waals surface area contributed by atoms with Crippen LogP contribution in [0.1, 0.15) is 6.42 Å². The minimum absolute atomic E-state index is 0.0833. The first-order valence-electron chi connectivity index (χ1n) is 6.37. The lowest BCUT2D eigenvalue weighted by Crippen LogP contribution is -2.57. The van der Waals surface area contributed by atoms with E-state index in [9.17, 15) is 25.5 Å². The highest BCUT2D eigenvalue weighted by molar-refractivity contribution is 4.86. The van der Waals surface area contributed by atoms with E-state index in [1.807, 2.05) is 0 Å². The third-order valence-electron chi connectivity index (χ3n) is 3.47. The standard InChI is InChI=1S/C11H20O9/c12-2-4-1-6(8(15)10(17)19-4)20-11-9(16)7(14)5(13)3-18-11/h4-17H,1-3H2. The summed E-state index contributed by atoms with van der Waals surface area (Å²) in [5.41, 5.74) is 0. The van der Waals surface area contributed by atoms with Crippen LogP contribution in [0, 0.1) is 0 Å². The number of rotatable bonds is 3. The molecule has 2 saturated heterocycles. The molecule has 2 fully saturated rings. The van der Waals surface area contributed by atoms with Gasteiger partial charge in [0.15, 0.2) is 12.6 Å². The van der Waals surface area contributed by atoms with E-state index in [1.165, 1.54) is 0 Å². The van der Waals surface area contributed by atoms with Crippen LogP contribution >= 0.6 is 0 Å². The lowest BCUT2D eigenvalue weighted by atomic mass is 10.0. The fraction of sp³-hybridized carbons (Fsp3) is 1.00. The Bertz CT molecular complexity index is 314. The van der Waals surface area contributed by atoms with E-state index in [0.29, 0.717) is 0 Å². The van der Waals surface area contributed by atoms with Gasteiger partial charge < -0.3 is 44.8 Å². The van der Waals surface area contributed by atoms with Crippen LogP contribution in [0.4, 0.5) is 0 Å². The average Bonchev–Trinajstić information content (AvgIpc) is 2.44. The van der Waals surface area contributed by atoms with Crippen LogP contribution in [0.15, 0.2) is 0 Å². The van der Waals surface area contributed by atoms with Gasteiger partial charge >= 0.3 is 0 Å². The second kappa shape index (κ2) is 6.60. The van der Waals surface area contributed by atoms with E-state index in [2.05, 4.69) is 0 Å². The number of hydrogen-bond donors (Lipinski definition) is 6. The maximum absolute atomic E-state index is 9.75. The molecule has 0 aromatic heterocycles. The molecular weight excluding hydrogens is 276 g/mol. The molecule has 0 radical (unpaired) electrons. The minimum atomic E-state index is -1.53. The Kier molecular flexibility index (Phi) is 5.29. The average molecular weight is 296 g/mol. The molecule has 0 saturated carbocycles. The van der Waals surface area contributed by atoms with Crippen molar-refractivity contribution in [3.8, 4) is 0 Å². The molecular formula is C11H20O9. The van der Waals surface area contributed by atoms with Crippen LogP contribution in [0.3, 0.4) is 0 Å². The Morgan fingerprint density at radius 3 is 2.35 bits per heavy atom. The van der Waals surface area contributed by atoms with Crippen LogP contribution in [0.5, 0.6) is 0 Å². The first kappa shape index (κ1) is 16.0. The van der Waals surface area contributed by atoms with E-state index in [4.69, 9.17) is 19.3 Å². The quantitative estimate of drug-likeness (QED) is 0.309. The molecule has 9 heteroatoms. The van der Waals surface area contributed by atoms with Crippen molar-refractivity contribution in [1.29, 1.82) is 0 Å². The predicted octanol–water partition coefficient (Wildman–Crippen LogP) is -3.73. The Hall–Kier alpha value is -0.360. The van der Waals surface area contributed by atoms with Gasteiger partial charge in [-0.3, -0.25) is 0 Å². The Morgan fingerprint density at radius 1 is 1.00 bits per heavy atom. The van der Waals surface area contributed by atoms with E-state index < -0.39 is 49.2 Å². The van der Waals surface area contributed by atoms with Crippen molar-refractivity contribution >= 4 is 0 Å². The molecule has 8 unspecified atom stereocenters. The zero-order valence-electron chi connectivity index (χ0n) is 10.6. The van der Waals surface area contributed by atoms with Gasteiger partial charge in [-0.25, -0.2) is 0 Å². The molecule has 0 spiro atoms. The van der Waals surface area contributed by atoms with Gasteiger partial charge in [0.1, 0.15) is 24.4 Å². The molecule has 2 heterocycles. The number of aliphatic hydroxyl groups excluding tert-OH is 6. The summed E-state index contributed by atoms with van der Waals surface area (Å²) < 4.78 is 15.3. The molecule has 0 bridgehead atoms. The molecule has 8 atom stereocenters. The summed E-state index contributed by atoms with van der Waals surface area (Å²) in [6.07, 6.45) is -9.87. The lowest BCUT2D eigenvalue weighted by molar-refractivity contribution is -0.322. The van der Waals surface area contributed by atoms with E-state index in [-0.39, 0.29) is 19.6 Å². The smallest absolute Gasteiger partial charge is 0.186 e. The van der Waals surface area contributed by atoms with Crippen molar-refractivity contribution in [3.05, 3.63) is 0 Å². The van der Waals surface area contributed by atoms with Crippen molar-refractivity contribution < 1.29 is 44.8 Å². The normalized spacial score (nSPS) is 50.1. The van der Waals surface area contributed by atoms with Gasteiger partial charge in [0, 0.05) is 6.42 Å². The molecule has 9 nitrogen and oxygen atoms in total. The SMILES string of the molecule is OCC1CC(OC2OCC(O)C(O)C2O)C(O)C(O)O1. The monoisotopic (exact) mass is 296 g/mol. The van der Waals surface area contributed by atoms with Crippen LogP contribution < -0.4 is 0 Å². The van der Waals surface area contributed by atoms with E-state index in [1.54, 1.807) is 0 Å². The second-order valence-electron chi connectivity index (χ2n) is 4.98. The molecule has 0 aromatic carbocycles. The lowest BCUT2D eigenvalue weighted by Gasteiger charge is -2.41. The van der Waals surface area contributed by atoms with Gasteiger partial charge in [0.05, 0.1) is 25.4 Å². The highest BCUT2D eigenvalue weighted by Gasteiger charge is 2.43. The van der Waals surface area contributed by atoms with Gasteiger partial charge in [-0.2, -0.15) is 0 Å². The molecule has 20 heavy (non-hydrogen) atoms. The highest BCUT2D eigenvalue weighted by atomic mass is 16.7. The molecule has 2 aliphatic heterocycles. The topological polar surface area (TPSA) is 149 Å². The highest BCUT2D eigenvalue weighted by Crippen LogP contribution is 2.25. The van der Waals surface area contributed by atoms with Crippen molar-refractivity contribution in [2.75, 3.05) is 13.2 Å². The van der Waals surface area contributed by atoms with E-state index in [0.717, 1.165) is 0 Å². The van der Waals surface area contributed by atoms with E-state index >= 15 is 0 Å². The van der Waals surface area contributed by atoms with Gasteiger partial charge in [-0.1, -0.05) is 0 Å². The molecule has 0 amide bonds. The maximum atomic E-state index is 9.75. The first-order valence-corrected chi connectivity index (χ1v) is 6.37. The summed E-state index contributed by atoms with van der Waals surface area (Å²) in [5.74, 6) is 0. The summed E-state index contributed by atoms with van der Waals surface area (Å²) in [6.45, 7) is -0.590. The van der Waals surface area contributed by atoms with Crippen LogP contribution in [0.25, 0.3) is 0 Å². The summed E-state index contributed by atoms with van der Waals surface area (Å²) >= 11 is 0. The fourth-order valence-corrected chi connectivity index (χ4v) is 2.24. The zero-order chi connectivity index (χ0) is 14.9.